The highest BCUT2D eigenvalue weighted by Crippen LogP contribution is 2.33. The molecule has 0 saturated carbocycles. The number of aliphatic hydroxyl groups is 1. The number of hydrogen-bond donors (Lipinski definition) is 2. The Kier molecular flexibility index (Phi) is 6.16. The number of nitrogens with one attached hydrogen (secondary N) is 1. The van der Waals surface area contributed by atoms with Crippen LogP contribution in [0.4, 0.5) is 0 Å². The van der Waals surface area contributed by atoms with Gasteiger partial charge in [0, 0.05) is 33.2 Å². The molecule has 2 heterocycles. The Balaban J connectivity index is 2.41. The van der Waals surface area contributed by atoms with E-state index >= 15 is 0 Å². The molecule has 0 radical (unpaired) electrons. The van der Waals surface area contributed by atoms with Crippen molar-refractivity contribution >= 4 is 23.8 Å². The number of carbonyl (C=O) groups excluding carboxylic acids is 4. The van der Waals surface area contributed by atoms with Crippen LogP contribution in [0.15, 0.2) is 24.5 Å². The zero-order chi connectivity index (χ0) is 21.8. The largest absolute Gasteiger partial charge is 0.463 e. The van der Waals surface area contributed by atoms with Gasteiger partial charge in [-0.2, -0.15) is 0 Å². The topological polar surface area (TPSA) is 150 Å². The van der Waals surface area contributed by atoms with Crippen LogP contribution >= 0.6 is 0 Å². The Morgan fingerprint density at radius 1 is 1.25 bits per heavy atom. The monoisotopic (exact) mass is 397 g/mol. The molecule has 4 atom stereocenters. The van der Waals surface area contributed by atoms with E-state index in [2.05, 4.69) is 4.98 Å². The molecule has 2 N–H and O–H groups in total. The minimum absolute atomic E-state index is 0.0435. The fourth-order valence-corrected chi connectivity index (χ4v) is 2.54. The first kappa shape index (κ1) is 19.7. The quantitative estimate of drug-likeness (QED) is 0.358. The third kappa shape index (κ3) is 5.24. The predicted octanol–water partition coefficient (Wildman–Crippen LogP) is -0.717. The van der Waals surface area contributed by atoms with E-state index in [4.69, 9.17) is 20.4 Å². The first-order valence-electron chi connectivity index (χ1n) is 8.62. The lowest BCUT2D eigenvalue weighted by Crippen LogP contribution is -2.58. The second kappa shape index (κ2) is 8.76. The first-order chi connectivity index (χ1) is 13.6. The third-order valence-corrected chi connectivity index (χ3v) is 3.58. The van der Waals surface area contributed by atoms with E-state index in [0.717, 1.165) is 27.0 Å². The standard InChI is InChI=1S/C17H20N2O9/c1-9(20)25-8-13-14(26-10(2)21)15(27-11(3)22)17(24,28-13)19-16(23)12-5-4-6-18-7-12/h4-7,13-15,24H,8H2,1-3H3,(H,19,23)/t13-,14-,15-,17?/m1/s1/i/hD. The molecule has 0 aliphatic carbocycles. The lowest BCUT2D eigenvalue weighted by Gasteiger charge is -2.29. The minimum Gasteiger partial charge on any atom is -0.463 e. The summed E-state index contributed by atoms with van der Waals surface area (Å²) in [5, 5.41) is 11.0. The third-order valence-electron chi connectivity index (χ3n) is 3.58. The van der Waals surface area contributed by atoms with Crippen LogP contribution in [0.25, 0.3) is 0 Å². The highest BCUT2D eigenvalue weighted by Gasteiger charge is 2.60. The molecule has 0 spiro atoms. The summed E-state index contributed by atoms with van der Waals surface area (Å²) in [5.74, 6) is -6.28. The predicted molar refractivity (Wildman–Crippen MR) is 89.3 cm³/mol. The second-order valence-electron chi connectivity index (χ2n) is 5.88. The van der Waals surface area contributed by atoms with Crippen LogP contribution in [-0.4, -0.2) is 64.7 Å². The highest BCUT2D eigenvalue weighted by atomic mass is 16.7. The van der Waals surface area contributed by atoms with Crippen LogP contribution in [0.1, 0.15) is 31.1 Å². The number of amides is 1. The number of hydrogen-bond acceptors (Lipinski definition) is 10. The van der Waals surface area contributed by atoms with Crippen molar-refractivity contribution in [2.24, 2.45) is 0 Å². The van der Waals surface area contributed by atoms with E-state index in [1.165, 1.54) is 18.3 Å². The molecule has 1 saturated heterocycles. The second-order valence-corrected chi connectivity index (χ2v) is 5.88. The number of aromatic nitrogens is 1. The SMILES string of the molecule is [2H]N(C(=O)c1cccnc1)C1(O)O[C@H](COC(C)=O)[C@@H](OC(C)=O)[C@H]1OC(C)=O. The van der Waals surface area contributed by atoms with Crippen molar-refractivity contribution in [3.63, 3.8) is 0 Å². The maximum Gasteiger partial charge on any atom is 0.303 e. The summed E-state index contributed by atoms with van der Waals surface area (Å²) < 4.78 is 28.4. The molecule has 1 aliphatic heterocycles. The lowest BCUT2D eigenvalue weighted by atomic mass is 10.1. The number of esters is 3. The molecule has 28 heavy (non-hydrogen) atoms. The van der Waals surface area contributed by atoms with Gasteiger partial charge in [-0.3, -0.25) is 29.5 Å². The van der Waals surface area contributed by atoms with Gasteiger partial charge in [0.2, 0.25) is 6.10 Å². The average Bonchev–Trinajstić information content (AvgIpc) is 2.91. The molecule has 1 fully saturated rings. The number of ether oxygens (including phenoxy) is 4. The number of nitrogens with zero attached hydrogens (tertiary/aromatic N) is 1. The summed E-state index contributed by atoms with van der Waals surface area (Å²) in [6, 6.07) is 2.78. The summed E-state index contributed by atoms with van der Waals surface area (Å²) in [6.07, 6.45) is -2.02. The molecule has 1 aliphatic rings. The van der Waals surface area contributed by atoms with Crippen LogP contribution < -0.4 is 5.31 Å². The van der Waals surface area contributed by atoms with E-state index in [9.17, 15) is 24.3 Å². The number of carbonyl (C=O) groups is 4. The smallest absolute Gasteiger partial charge is 0.303 e. The van der Waals surface area contributed by atoms with Gasteiger partial charge in [-0.1, -0.05) is 0 Å². The molecular weight excluding hydrogens is 376 g/mol. The summed E-state index contributed by atoms with van der Waals surface area (Å²) >= 11 is 0. The molecule has 1 aromatic heterocycles. The molecule has 1 amide bonds. The van der Waals surface area contributed by atoms with Crippen LogP contribution in [0.2, 0.25) is 1.41 Å². The van der Waals surface area contributed by atoms with Crippen LogP contribution in [-0.2, 0) is 33.3 Å². The molecule has 0 bridgehead atoms. The van der Waals surface area contributed by atoms with E-state index in [-0.39, 0.29) is 10.9 Å². The molecule has 2 rings (SSSR count). The van der Waals surface area contributed by atoms with Crippen LogP contribution in [0, 0.1) is 0 Å². The van der Waals surface area contributed by atoms with Gasteiger partial charge in [0.15, 0.2) is 7.52 Å². The molecule has 1 aromatic rings. The Morgan fingerprint density at radius 2 is 1.93 bits per heavy atom. The minimum atomic E-state index is -2.84. The van der Waals surface area contributed by atoms with Crippen molar-refractivity contribution in [2.45, 2.75) is 45.0 Å². The first-order valence-corrected chi connectivity index (χ1v) is 8.17. The summed E-state index contributed by atoms with van der Waals surface area (Å²) in [5.41, 5.74) is -0.0615. The zero-order valence-corrected chi connectivity index (χ0v) is 15.4. The van der Waals surface area contributed by atoms with E-state index in [0.29, 0.717) is 0 Å². The van der Waals surface area contributed by atoms with Gasteiger partial charge >= 0.3 is 17.9 Å². The Morgan fingerprint density at radius 3 is 2.46 bits per heavy atom. The van der Waals surface area contributed by atoms with Gasteiger partial charge in [0.25, 0.3) is 11.8 Å². The average molecular weight is 397 g/mol. The van der Waals surface area contributed by atoms with Crippen molar-refractivity contribution in [2.75, 3.05) is 6.61 Å². The van der Waals surface area contributed by atoms with Crippen molar-refractivity contribution in [1.82, 2.24) is 10.3 Å². The maximum absolute atomic E-state index is 12.6. The Bertz CT molecular complexity index is 790. The Hall–Kier alpha value is -3.05. The fourth-order valence-electron chi connectivity index (χ4n) is 2.54. The van der Waals surface area contributed by atoms with Crippen molar-refractivity contribution < 1.29 is 44.6 Å². The van der Waals surface area contributed by atoms with Gasteiger partial charge in [-0.05, 0) is 12.1 Å². The molecule has 11 heteroatoms. The highest BCUT2D eigenvalue weighted by molar-refractivity contribution is 5.94. The van der Waals surface area contributed by atoms with Crippen molar-refractivity contribution in [3.8, 4) is 0 Å². The van der Waals surface area contributed by atoms with Gasteiger partial charge in [-0.25, -0.2) is 0 Å². The molecule has 1 unspecified atom stereocenters. The summed E-state index contributed by atoms with van der Waals surface area (Å²) in [6.45, 7) is 2.70. The fraction of sp³-hybridized carbons (Fsp3) is 0.471. The Labute approximate surface area is 161 Å². The molecule has 152 valence electrons. The van der Waals surface area contributed by atoms with Gasteiger partial charge in [0.05, 0.1) is 5.56 Å². The van der Waals surface area contributed by atoms with Gasteiger partial charge < -0.3 is 24.1 Å². The van der Waals surface area contributed by atoms with E-state index in [1.54, 1.807) is 0 Å². The number of rotatable bonds is 6. The molecule has 0 aromatic carbocycles. The van der Waals surface area contributed by atoms with Crippen molar-refractivity contribution in [3.05, 3.63) is 30.1 Å². The van der Waals surface area contributed by atoms with E-state index in [1.807, 2.05) is 0 Å². The molecular formula is C17H20N2O9. The number of pyridine rings is 1. The van der Waals surface area contributed by atoms with E-state index < -0.39 is 54.6 Å². The zero-order valence-electron chi connectivity index (χ0n) is 16.4. The maximum atomic E-state index is 12.6. The van der Waals surface area contributed by atoms with Gasteiger partial charge in [-0.15, -0.1) is 0 Å². The lowest BCUT2D eigenvalue weighted by molar-refractivity contribution is -0.249. The summed E-state index contributed by atoms with van der Waals surface area (Å²) in [4.78, 5) is 50.6. The van der Waals surface area contributed by atoms with Crippen LogP contribution in [0.5, 0.6) is 0 Å². The van der Waals surface area contributed by atoms with Crippen molar-refractivity contribution in [1.29, 1.82) is 0 Å². The summed E-state index contributed by atoms with van der Waals surface area (Å²) in [7, 11) is 0. The normalized spacial score (nSPS) is 26.7. The van der Waals surface area contributed by atoms with Crippen LogP contribution in [0.3, 0.4) is 0 Å². The molecule has 11 nitrogen and oxygen atoms in total. The van der Waals surface area contributed by atoms with Gasteiger partial charge in [0.1, 0.15) is 12.7 Å².